The van der Waals surface area contributed by atoms with E-state index in [0.717, 1.165) is 28.8 Å². The van der Waals surface area contributed by atoms with Crippen LogP contribution in [0.25, 0.3) is 0 Å². The van der Waals surface area contributed by atoms with Crippen molar-refractivity contribution >= 4 is 54.0 Å². The molecule has 0 saturated heterocycles. The molecule has 7 nitrogen and oxygen atoms in total. The van der Waals surface area contributed by atoms with Gasteiger partial charge in [0.15, 0.2) is 29.4 Å². The number of carbonyl (C=O) groups is 1. The Labute approximate surface area is 211 Å². The quantitative estimate of drug-likeness (QED) is 0.205. The van der Waals surface area contributed by atoms with Crippen molar-refractivity contribution in [3.05, 3.63) is 32.0 Å². The van der Waals surface area contributed by atoms with Crippen LogP contribution in [-0.4, -0.2) is 49.7 Å². The Kier molecular flexibility index (Phi) is 10.1. The van der Waals surface area contributed by atoms with Gasteiger partial charge in [0.05, 0.1) is 7.11 Å². The smallest absolute Gasteiger partial charge is 0.357 e. The van der Waals surface area contributed by atoms with Gasteiger partial charge in [-0.15, -0.1) is 21.5 Å². The molecule has 2 aromatic heterocycles. The number of halogens is 2. The van der Waals surface area contributed by atoms with Crippen LogP contribution < -0.4 is 5.32 Å². The van der Waals surface area contributed by atoms with Gasteiger partial charge in [0.1, 0.15) is 0 Å². The molecule has 2 rings (SSSR count). The van der Waals surface area contributed by atoms with Crippen molar-refractivity contribution in [2.45, 2.75) is 71.5 Å². The fraction of sp³-hybridized carbons (Fsp3) is 0.636. The van der Waals surface area contributed by atoms with Crippen LogP contribution in [-0.2, 0) is 22.0 Å². The van der Waals surface area contributed by atoms with Crippen molar-refractivity contribution in [3.63, 3.8) is 0 Å². The summed E-state index contributed by atoms with van der Waals surface area (Å²) < 4.78 is 11.2. The van der Waals surface area contributed by atoms with E-state index in [2.05, 4.69) is 54.4 Å². The first kappa shape index (κ1) is 28.0. The van der Waals surface area contributed by atoms with Gasteiger partial charge in [-0.3, -0.25) is 0 Å². The minimum absolute atomic E-state index is 0.173. The minimum Gasteiger partial charge on any atom is -0.464 e. The summed E-state index contributed by atoms with van der Waals surface area (Å²) in [5, 5.41) is 12.6. The van der Waals surface area contributed by atoms with E-state index in [1.165, 1.54) is 18.4 Å². The van der Waals surface area contributed by atoms with Gasteiger partial charge in [0.2, 0.25) is 0 Å². The SMILES string of the molecule is COC(=O)c1nc(NCCCc2c(Cl)nnc(Cl)c2C)sc1CCCO[Si](C)(C)C(C)(C)C. The lowest BCUT2D eigenvalue weighted by molar-refractivity contribution is 0.0593. The number of thiazole rings is 1. The average Bonchev–Trinajstić information content (AvgIpc) is 3.15. The maximum absolute atomic E-state index is 12.2. The Bertz CT molecular complexity index is 964. The van der Waals surface area contributed by atoms with Gasteiger partial charge in [0.25, 0.3) is 0 Å². The van der Waals surface area contributed by atoms with E-state index in [0.29, 0.717) is 47.1 Å². The molecule has 0 aliphatic rings. The van der Waals surface area contributed by atoms with Crippen molar-refractivity contribution in [1.29, 1.82) is 0 Å². The number of ether oxygens (including phenoxy) is 1. The van der Waals surface area contributed by atoms with Crippen molar-refractivity contribution in [2.75, 3.05) is 25.6 Å². The molecule has 0 unspecified atom stereocenters. The molecule has 1 N–H and O–H groups in total. The predicted molar refractivity (Wildman–Crippen MR) is 139 cm³/mol. The van der Waals surface area contributed by atoms with Crippen LogP contribution in [0.1, 0.15) is 60.1 Å². The maximum Gasteiger partial charge on any atom is 0.357 e. The molecule has 0 bridgehead atoms. The van der Waals surface area contributed by atoms with Gasteiger partial charge in [-0.1, -0.05) is 44.0 Å². The molecule has 33 heavy (non-hydrogen) atoms. The lowest BCUT2D eigenvalue weighted by Gasteiger charge is -2.36. The lowest BCUT2D eigenvalue weighted by atomic mass is 10.1. The van der Waals surface area contributed by atoms with Gasteiger partial charge in [-0.25, -0.2) is 9.78 Å². The van der Waals surface area contributed by atoms with Crippen molar-refractivity contribution in [1.82, 2.24) is 15.2 Å². The first-order valence-electron chi connectivity index (χ1n) is 11.0. The summed E-state index contributed by atoms with van der Waals surface area (Å²) in [7, 11) is -0.410. The van der Waals surface area contributed by atoms with Crippen LogP contribution in [0.2, 0.25) is 28.4 Å². The van der Waals surface area contributed by atoms with Gasteiger partial charge in [0, 0.05) is 18.0 Å². The molecule has 0 aliphatic carbocycles. The zero-order valence-electron chi connectivity index (χ0n) is 20.5. The monoisotopic (exact) mass is 532 g/mol. The van der Waals surface area contributed by atoms with E-state index < -0.39 is 14.3 Å². The van der Waals surface area contributed by atoms with E-state index in [9.17, 15) is 4.79 Å². The highest BCUT2D eigenvalue weighted by Crippen LogP contribution is 2.36. The lowest BCUT2D eigenvalue weighted by Crippen LogP contribution is -2.41. The number of aryl methyl sites for hydroxylation is 1. The Hall–Kier alpha value is -1.26. The molecule has 0 atom stereocenters. The Morgan fingerprint density at radius 2 is 1.79 bits per heavy atom. The largest absolute Gasteiger partial charge is 0.464 e. The fourth-order valence-electron chi connectivity index (χ4n) is 2.88. The summed E-state index contributed by atoms with van der Waals surface area (Å²) >= 11 is 13.7. The highest BCUT2D eigenvalue weighted by atomic mass is 35.5. The highest BCUT2D eigenvalue weighted by molar-refractivity contribution is 7.15. The standard InChI is InChI=1S/C22H34Cl2N4O3SSi/c1-14-15(19(24)28-27-18(14)23)10-8-12-25-21-26-17(20(29)30-5)16(32-21)11-9-13-31-33(6,7)22(2,3)4/h8-13H2,1-7H3,(H,25,26). The second-order valence-electron chi connectivity index (χ2n) is 9.41. The summed E-state index contributed by atoms with van der Waals surface area (Å²) in [5.41, 5.74) is 2.12. The molecule has 0 saturated carbocycles. The fourth-order valence-corrected chi connectivity index (χ4v) is 5.41. The van der Waals surface area contributed by atoms with Gasteiger partial charge in [-0.05, 0) is 61.9 Å². The zero-order valence-corrected chi connectivity index (χ0v) is 23.8. The second kappa shape index (κ2) is 11.9. The topological polar surface area (TPSA) is 86.2 Å². The molecule has 0 aliphatic heterocycles. The van der Waals surface area contributed by atoms with Crippen LogP contribution >= 0.6 is 34.5 Å². The van der Waals surface area contributed by atoms with Gasteiger partial charge < -0.3 is 14.5 Å². The van der Waals surface area contributed by atoms with Crippen LogP contribution in [0.5, 0.6) is 0 Å². The highest BCUT2D eigenvalue weighted by Gasteiger charge is 2.36. The van der Waals surface area contributed by atoms with E-state index in [1.807, 2.05) is 6.92 Å². The van der Waals surface area contributed by atoms with Crippen LogP contribution in [0, 0.1) is 6.92 Å². The van der Waals surface area contributed by atoms with Crippen molar-refractivity contribution < 1.29 is 14.0 Å². The summed E-state index contributed by atoms with van der Waals surface area (Å²) in [6, 6.07) is 0. The zero-order chi connectivity index (χ0) is 24.8. The van der Waals surface area contributed by atoms with Crippen molar-refractivity contribution in [3.8, 4) is 0 Å². The number of hydrogen-bond donors (Lipinski definition) is 1. The molecule has 11 heteroatoms. The summed E-state index contributed by atoms with van der Waals surface area (Å²) in [6.07, 6.45) is 3.05. The number of nitrogens with one attached hydrogen (secondary N) is 1. The molecule has 184 valence electrons. The molecule has 2 heterocycles. The minimum atomic E-state index is -1.78. The molecule has 0 radical (unpaired) electrons. The summed E-state index contributed by atoms with van der Waals surface area (Å²) in [4.78, 5) is 17.6. The molecule has 0 aromatic carbocycles. The average molecular weight is 534 g/mol. The molecule has 0 fully saturated rings. The first-order valence-corrected chi connectivity index (χ1v) is 15.5. The third-order valence-corrected chi connectivity index (χ3v) is 12.3. The Morgan fingerprint density at radius 1 is 1.12 bits per heavy atom. The van der Waals surface area contributed by atoms with E-state index in [4.69, 9.17) is 32.4 Å². The predicted octanol–water partition coefficient (Wildman–Crippen LogP) is 6.33. The molecule has 0 spiro atoms. The molecular formula is C22H34Cl2N4O3SSi. The number of nitrogens with zero attached hydrogens (tertiary/aromatic N) is 3. The van der Waals surface area contributed by atoms with E-state index >= 15 is 0 Å². The third-order valence-electron chi connectivity index (χ3n) is 6.01. The number of hydrogen-bond acceptors (Lipinski definition) is 8. The number of anilines is 1. The first-order chi connectivity index (χ1) is 15.4. The Morgan fingerprint density at radius 3 is 2.42 bits per heavy atom. The van der Waals surface area contributed by atoms with Crippen LogP contribution in [0.15, 0.2) is 0 Å². The molecule has 0 amide bonds. The molecular weight excluding hydrogens is 499 g/mol. The number of methoxy groups -OCH3 is 1. The Balaban J connectivity index is 1.94. The normalized spacial score (nSPS) is 12.2. The number of carbonyl (C=O) groups excluding carboxylic acids is 1. The van der Waals surface area contributed by atoms with Gasteiger partial charge in [-0.2, -0.15) is 0 Å². The van der Waals surface area contributed by atoms with E-state index in [1.54, 1.807) is 0 Å². The number of rotatable bonds is 11. The third kappa shape index (κ3) is 7.61. The number of esters is 1. The second-order valence-corrected chi connectivity index (χ2v) is 16.0. The summed E-state index contributed by atoms with van der Waals surface area (Å²) in [5.74, 6) is -0.417. The number of aromatic nitrogens is 3. The maximum atomic E-state index is 12.2. The summed E-state index contributed by atoms with van der Waals surface area (Å²) in [6.45, 7) is 14.4. The van der Waals surface area contributed by atoms with Crippen molar-refractivity contribution in [2.24, 2.45) is 0 Å². The van der Waals surface area contributed by atoms with Crippen LogP contribution in [0.3, 0.4) is 0 Å². The molecule has 2 aromatic rings. The van der Waals surface area contributed by atoms with Crippen LogP contribution in [0.4, 0.5) is 5.13 Å². The van der Waals surface area contributed by atoms with Gasteiger partial charge >= 0.3 is 5.97 Å². The van der Waals surface area contributed by atoms with E-state index in [-0.39, 0.29) is 5.04 Å².